The lowest BCUT2D eigenvalue weighted by atomic mass is 9.79. The molecule has 1 aliphatic carbocycles. The van der Waals surface area contributed by atoms with Crippen LogP contribution in [0.1, 0.15) is 46.7 Å². The van der Waals surface area contributed by atoms with Gasteiger partial charge in [0.1, 0.15) is 6.04 Å². The Kier molecular flexibility index (Phi) is 5.93. The average Bonchev–Trinajstić information content (AvgIpc) is 2.67. The molecular formula is C21H23N3O4. The number of primary amides is 1. The number of carboxylic acid groups (broad SMARTS) is 1. The van der Waals surface area contributed by atoms with E-state index in [-0.39, 0.29) is 5.92 Å². The van der Waals surface area contributed by atoms with E-state index in [0.717, 1.165) is 19.3 Å². The number of fused-ring (bicyclic) bond motifs is 1. The summed E-state index contributed by atoms with van der Waals surface area (Å²) in [5.74, 6) is -1.42. The number of hydrogen-bond donors (Lipinski definition) is 4. The van der Waals surface area contributed by atoms with Gasteiger partial charge in [-0.05, 0) is 67.0 Å². The number of carboxylic acids is 1. The van der Waals surface area contributed by atoms with Crippen molar-refractivity contribution in [3.05, 3.63) is 65.2 Å². The Morgan fingerprint density at radius 3 is 2.50 bits per heavy atom. The number of benzene rings is 2. The first-order chi connectivity index (χ1) is 13.4. The second kappa shape index (κ2) is 8.56. The van der Waals surface area contributed by atoms with Gasteiger partial charge >= 0.3 is 12.0 Å². The number of nitrogens with two attached hydrogens (primary N) is 1. The van der Waals surface area contributed by atoms with E-state index in [1.807, 2.05) is 18.2 Å². The molecule has 7 nitrogen and oxygen atoms in total. The van der Waals surface area contributed by atoms with Crippen molar-refractivity contribution in [3.63, 3.8) is 0 Å². The molecule has 146 valence electrons. The minimum absolute atomic E-state index is 0.105. The molecule has 2 aromatic carbocycles. The lowest BCUT2D eigenvalue weighted by Crippen LogP contribution is -2.42. The Bertz CT molecular complexity index is 879. The van der Waals surface area contributed by atoms with Gasteiger partial charge in [0.05, 0.1) is 0 Å². The average molecular weight is 381 g/mol. The van der Waals surface area contributed by atoms with E-state index < -0.39 is 23.9 Å². The number of aliphatic carboxylic acids is 1. The molecule has 0 heterocycles. The summed E-state index contributed by atoms with van der Waals surface area (Å²) in [6.07, 6.45) is 3.27. The van der Waals surface area contributed by atoms with Crippen LogP contribution in [0.2, 0.25) is 0 Å². The number of rotatable bonds is 6. The van der Waals surface area contributed by atoms with Gasteiger partial charge in [-0.1, -0.05) is 24.3 Å². The van der Waals surface area contributed by atoms with Gasteiger partial charge in [0, 0.05) is 11.3 Å². The molecule has 28 heavy (non-hydrogen) atoms. The summed E-state index contributed by atoms with van der Waals surface area (Å²) < 4.78 is 0. The Morgan fingerprint density at radius 2 is 1.82 bits per heavy atom. The van der Waals surface area contributed by atoms with Gasteiger partial charge in [-0.15, -0.1) is 0 Å². The third-order valence-corrected chi connectivity index (χ3v) is 5.03. The van der Waals surface area contributed by atoms with Crippen LogP contribution in [-0.2, 0) is 11.2 Å². The van der Waals surface area contributed by atoms with Crippen LogP contribution in [0.3, 0.4) is 0 Å². The first-order valence-corrected chi connectivity index (χ1v) is 9.22. The molecule has 2 unspecified atom stereocenters. The molecule has 1 aliphatic rings. The predicted molar refractivity (Wildman–Crippen MR) is 105 cm³/mol. The van der Waals surface area contributed by atoms with E-state index >= 15 is 0 Å². The van der Waals surface area contributed by atoms with Gasteiger partial charge in [-0.25, -0.2) is 9.59 Å². The molecule has 0 aliphatic heterocycles. The number of hydrogen-bond acceptors (Lipinski definition) is 3. The monoisotopic (exact) mass is 381 g/mol. The number of urea groups is 1. The zero-order chi connectivity index (χ0) is 20.1. The fourth-order valence-electron chi connectivity index (χ4n) is 3.69. The molecule has 0 spiro atoms. The van der Waals surface area contributed by atoms with Crippen molar-refractivity contribution in [1.29, 1.82) is 0 Å². The third-order valence-electron chi connectivity index (χ3n) is 5.03. The minimum atomic E-state index is -1.05. The van der Waals surface area contributed by atoms with E-state index in [1.54, 1.807) is 0 Å². The van der Waals surface area contributed by atoms with Crippen molar-refractivity contribution >= 4 is 23.6 Å². The van der Waals surface area contributed by atoms with Crippen LogP contribution in [0.25, 0.3) is 0 Å². The van der Waals surface area contributed by atoms with E-state index in [9.17, 15) is 19.5 Å². The Labute approximate surface area is 162 Å². The zero-order valence-electron chi connectivity index (χ0n) is 15.4. The van der Waals surface area contributed by atoms with Crippen molar-refractivity contribution in [1.82, 2.24) is 5.32 Å². The summed E-state index contributed by atoms with van der Waals surface area (Å²) in [5, 5.41) is 14.6. The lowest BCUT2D eigenvalue weighted by Gasteiger charge is -2.28. The second-order valence-electron chi connectivity index (χ2n) is 6.95. The molecule has 0 fully saturated rings. The molecule has 2 aromatic rings. The van der Waals surface area contributed by atoms with Crippen LogP contribution in [0.15, 0.2) is 48.5 Å². The lowest BCUT2D eigenvalue weighted by molar-refractivity contribution is -0.139. The van der Waals surface area contributed by atoms with Crippen LogP contribution < -0.4 is 16.4 Å². The Balaban J connectivity index is 1.69. The zero-order valence-corrected chi connectivity index (χ0v) is 15.4. The van der Waals surface area contributed by atoms with E-state index in [0.29, 0.717) is 17.7 Å². The maximum atomic E-state index is 12.5. The van der Waals surface area contributed by atoms with E-state index in [2.05, 4.69) is 16.7 Å². The standard InChI is InChI=1S/C21H23N3O4/c22-21(28)23-16-10-8-14(9-11-16)19(25)24-18(20(26)27)12-15-6-3-5-13-4-1-2-7-17(13)15/h1-2,4,7-11,15,18H,3,5-6,12H2,(H,24,25)(H,26,27)(H3,22,23,28). The normalized spacial score (nSPS) is 16.5. The van der Waals surface area contributed by atoms with Gasteiger partial charge in [0.15, 0.2) is 0 Å². The number of carbonyl (C=O) groups excluding carboxylic acids is 2. The van der Waals surface area contributed by atoms with Crippen molar-refractivity contribution in [3.8, 4) is 0 Å². The molecule has 0 radical (unpaired) electrons. The second-order valence-corrected chi connectivity index (χ2v) is 6.95. The molecule has 0 saturated heterocycles. The summed E-state index contributed by atoms with van der Waals surface area (Å²) in [6.45, 7) is 0. The predicted octanol–water partition coefficient (Wildman–Crippen LogP) is 2.87. The Hall–Kier alpha value is -3.35. The topological polar surface area (TPSA) is 122 Å². The summed E-state index contributed by atoms with van der Waals surface area (Å²) in [7, 11) is 0. The van der Waals surface area contributed by atoms with Gasteiger partial charge in [-0.3, -0.25) is 4.79 Å². The quantitative estimate of drug-likeness (QED) is 0.614. The molecule has 0 bridgehead atoms. The highest BCUT2D eigenvalue weighted by atomic mass is 16.4. The van der Waals surface area contributed by atoms with Crippen molar-refractivity contribution < 1.29 is 19.5 Å². The summed E-state index contributed by atoms with van der Waals surface area (Å²) in [6, 6.07) is 12.5. The molecule has 3 amide bonds. The minimum Gasteiger partial charge on any atom is -0.480 e. The van der Waals surface area contributed by atoms with Gasteiger partial charge in [0.25, 0.3) is 5.91 Å². The SMILES string of the molecule is NC(=O)Nc1ccc(C(=O)NC(CC2CCCc3ccccc32)C(=O)O)cc1. The molecule has 7 heteroatoms. The number of anilines is 1. The fourth-order valence-corrected chi connectivity index (χ4v) is 3.69. The smallest absolute Gasteiger partial charge is 0.326 e. The first kappa shape index (κ1) is 19.4. The van der Waals surface area contributed by atoms with Crippen molar-refractivity contribution in [2.75, 3.05) is 5.32 Å². The van der Waals surface area contributed by atoms with Gasteiger partial charge in [-0.2, -0.15) is 0 Å². The highest BCUT2D eigenvalue weighted by molar-refractivity contribution is 5.97. The Morgan fingerprint density at radius 1 is 1.11 bits per heavy atom. The molecule has 2 atom stereocenters. The van der Waals surface area contributed by atoms with E-state index in [4.69, 9.17) is 5.73 Å². The van der Waals surface area contributed by atoms with E-state index in [1.165, 1.54) is 35.4 Å². The molecule has 0 saturated carbocycles. The van der Waals surface area contributed by atoms with Crippen LogP contribution >= 0.6 is 0 Å². The number of carbonyl (C=O) groups is 3. The van der Waals surface area contributed by atoms with Crippen LogP contribution in [-0.4, -0.2) is 29.1 Å². The van der Waals surface area contributed by atoms with Crippen LogP contribution in [0.5, 0.6) is 0 Å². The third kappa shape index (κ3) is 4.68. The maximum absolute atomic E-state index is 12.5. The highest BCUT2D eigenvalue weighted by Crippen LogP contribution is 2.34. The van der Waals surface area contributed by atoms with Crippen LogP contribution in [0, 0.1) is 0 Å². The van der Waals surface area contributed by atoms with Gasteiger partial charge in [0.2, 0.25) is 0 Å². The summed E-state index contributed by atoms with van der Waals surface area (Å²) in [5.41, 5.74) is 8.25. The molecular weight excluding hydrogens is 358 g/mol. The molecule has 3 rings (SSSR count). The van der Waals surface area contributed by atoms with Crippen molar-refractivity contribution in [2.45, 2.75) is 37.6 Å². The molecule has 5 N–H and O–H groups in total. The largest absolute Gasteiger partial charge is 0.480 e. The number of nitrogens with one attached hydrogen (secondary N) is 2. The first-order valence-electron chi connectivity index (χ1n) is 9.22. The molecule has 0 aromatic heterocycles. The highest BCUT2D eigenvalue weighted by Gasteiger charge is 2.28. The van der Waals surface area contributed by atoms with Crippen LogP contribution in [0.4, 0.5) is 10.5 Å². The number of aryl methyl sites for hydroxylation is 1. The summed E-state index contributed by atoms with van der Waals surface area (Å²) in [4.78, 5) is 35.1. The van der Waals surface area contributed by atoms with Crippen molar-refractivity contribution in [2.24, 2.45) is 5.73 Å². The fraction of sp³-hybridized carbons (Fsp3) is 0.286. The van der Waals surface area contributed by atoms with Gasteiger partial charge < -0.3 is 21.5 Å². The summed E-state index contributed by atoms with van der Waals surface area (Å²) >= 11 is 0. The maximum Gasteiger partial charge on any atom is 0.326 e. The number of amides is 3.